The minimum absolute atomic E-state index is 0.152. The zero-order valence-corrected chi connectivity index (χ0v) is 23.3. The number of carbonyl (C=O) groups is 2. The number of nitrogens with zero attached hydrogens (tertiary/aromatic N) is 1. The van der Waals surface area contributed by atoms with Gasteiger partial charge in [0, 0.05) is 21.5 Å². The van der Waals surface area contributed by atoms with Crippen molar-refractivity contribution in [3.8, 4) is 0 Å². The molecule has 4 aromatic carbocycles. The maximum Gasteiger partial charge on any atom is 0.253 e. The van der Waals surface area contributed by atoms with E-state index in [0.717, 1.165) is 5.56 Å². The van der Waals surface area contributed by atoms with Gasteiger partial charge in [-0.1, -0.05) is 83.3 Å². The SMILES string of the molecule is NC(=O)C(c1ccc(Cl)cc1)N1C(=O)[C@@H](Cc2ccc(F)cc2)O[C@H](c2ccc(Cl)cc2)[C@@H]1c1ccc(Cl)cc1. The molecule has 1 saturated heterocycles. The number of primary amides is 1. The van der Waals surface area contributed by atoms with Crippen molar-refractivity contribution in [2.75, 3.05) is 0 Å². The maximum atomic E-state index is 14.3. The van der Waals surface area contributed by atoms with Crippen LogP contribution in [0, 0.1) is 5.82 Å². The second kappa shape index (κ2) is 12.0. The molecule has 1 aliphatic heterocycles. The molecule has 40 heavy (non-hydrogen) atoms. The first-order chi connectivity index (χ1) is 19.2. The van der Waals surface area contributed by atoms with Crippen LogP contribution in [0.25, 0.3) is 0 Å². The second-order valence-electron chi connectivity index (χ2n) is 9.53. The number of rotatable bonds is 7. The Balaban J connectivity index is 1.68. The van der Waals surface area contributed by atoms with E-state index in [1.165, 1.54) is 17.0 Å². The van der Waals surface area contributed by atoms with Gasteiger partial charge < -0.3 is 15.4 Å². The van der Waals surface area contributed by atoms with Gasteiger partial charge in [-0.2, -0.15) is 0 Å². The molecule has 0 spiro atoms. The van der Waals surface area contributed by atoms with Crippen LogP contribution in [0.1, 0.15) is 40.4 Å². The molecule has 4 atom stereocenters. The molecule has 0 bridgehead atoms. The molecule has 9 heteroatoms. The molecule has 1 unspecified atom stereocenters. The van der Waals surface area contributed by atoms with Gasteiger partial charge in [0.05, 0.1) is 6.04 Å². The normalized spacial score (nSPS) is 19.9. The quantitative estimate of drug-likeness (QED) is 0.244. The third kappa shape index (κ3) is 6.01. The average Bonchev–Trinajstić information content (AvgIpc) is 2.94. The van der Waals surface area contributed by atoms with Crippen LogP contribution in [0.3, 0.4) is 0 Å². The van der Waals surface area contributed by atoms with E-state index in [1.54, 1.807) is 72.8 Å². The van der Waals surface area contributed by atoms with Gasteiger partial charge in [-0.05, 0) is 70.8 Å². The molecule has 2 amide bonds. The van der Waals surface area contributed by atoms with Gasteiger partial charge in [0.2, 0.25) is 5.91 Å². The molecular formula is C31H24Cl3FN2O3. The lowest BCUT2D eigenvalue weighted by atomic mass is 9.88. The van der Waals surface area contributed by atoms with Gasteiger partial charge in [0.1, 0.15) is 24.1 Å². The summed E-state index contributed by atoms with van der Waals surface area (Å²) in [6, 6.07) is 24.7. The Kier molecular flexibility index (Phi) is 8.43. The number of morpholine rings is 1. The highest BCUT2D eigenvalue weighted by Crippen LogP contribution is 2.46. The Morgan fingerprint density at radius 3 is 1.82 bits per heavy atom. The largest absolute Gasteiger partial charge is 0.368 e. The highest BCUT2D eigenvalue weighted by molar-refractivity contribution is 6.31. The third-order valence-electron chi connectivity index (χ3n) is 6.91. The molecule has 0 aromatic heterocycles. The fraction of sp³-hybridized carbons (Fsp3) is 0.161. The van der Waals surface area contributed by atoms with Crippen LogP contribution < -0.4 is 5.73 Å². The lowest BCUT2D eigenvalue weighted by molar-refractivity contribution is -0.181. The first kappa shape index (κ1) is 28.1. The molecule has 1 aliphatic rings. The standard InChI is InChI=1S/C31H24Cl3FN2O3/c32-22-9-3-19(4-10-22)27-29(21-7-13-24(34)14-8-21)40-26(17-18-1-15-25(35)16-2-18)31(39)37(27)28(30(36)38)20-5-11-23(33)12-6-20/h1-16,26-29H,17H2,(H2,36,38)/t26-,27+,28?,29-/m1/s1. The van der Waals surface area contributed by atoms with E-state index in [1.807, 2.05) is 12.1 Å². The van der Waals surface area contributed by atoms with Crippen LogP contribution in [0.15, 0.2) is 97.1 Å². The van der Waals surface area contributed by atoms with Gasteiger partial charge in [-0.25, -0.2) is 4.39 Å². The van der Waals surface area contributed by atoms with Crippen LogP contribution in [-0.4, -0.2) is 22.8 Å². The van der Waals surface area contributed by atoms with Gasteiger partial charge in [0.25, 0.3) is 5.91 Å². The van der Waals surface area contributed by atoms with Crippen molar-refractivity contribution >= 4 is 46.6 Å². The minimum atomic E-state index is -1.14. The van der Waals surface area contributed by atoms with Crippen molar-refractivity contribution in [2.24, 2.45) is 5.73 Å². The highest BCUT2D eigenvalue weighted by Gasteiger charge is 2.48. The van der Waals surface area contributed by atoms with Crippen molar-refractivity contribution in [3.63, 3.8) is 0 Å². The van der Waals surface area contributed by atoms with Gasteiger partial charge in [-0.15, -0.1) is 0 Å². The highest BCUT2D eigenvalue weighted by atomic mass is 35.5. The van der Waals surface area contributed by atoms with E-state index in [9.17, 15) is 14.0 Å². The summed E-state index contributed by atoms with van der Waals surface area (Å²) in [5, 5.41) is 1.53. The Morgan fingerprint density at radius 1 is 0.800 bits per heavy atom. The predicted molar refractivity (Wildman–Crippen MR) is 154 cm³/mol. The van der Waals surface area contributed by atoms with E-state index in [0.29, 0.717) is 31.8 Å². The number of carbonyl (C=O) groups excluding carboxylic acids is 2. The molecule has 204 valence electrons. The van der Waals surface area contributed by atoms with Crippen LogP contribution in [0.2, 0.25) is 15.1 Å². The first-order valence-corrected chi connectivity index (χ1v) is 13.6. The molecular weight excluding hydrogens is 574 g/mol. The van der Waals surface area contributed by atoms with Crippen LogP contribution in [0.5, 0.6) is 0 Å². The molecule has 5 rings (SSSR count). The molecule has 1 heterocycles. The number of nitrogens with two attached hydrogens (primary N) is 1. The van der Waals surface area contributed by atoms with E-state index >= 15 is 0 Å². The molecule has 0 aliphatic carbocycles. The van der Waals surface area contributed by atoms with E-state index in [4.69, 9.17) is 45.3 Å². The lowest BCUT2D eigenvalue weighted by Gasteiger charge is -2.47. The lowest BCUT2D eigenvalue weighted by Crippen LogP contribution is -2.55. The van der Waals surface area contributed by atoms with E-state index < -0.39 is 36.1 Å². The van der Waals surface area contributed by atoms with Crippen LogP contribution in [-0.2, 0) is 20.7 Å². The molecule has 2 N–H and O–H groups in total. The van der Waals surface area contributed by atoms with Crippen molar-refractivity contribution in [1.29, 1.82) is 0 Å². The summed E-state index contributed by atoms with van der Waals surface area (Å²) in [5.41, 5.74) is 8.63. The number of benzene rings is 4. The van der Waals surface area contributed by atoms with Crippen molar-refractivity contribution in [2.45, 2.75) is 30.7 Å². The Morgan fingerprint density at radius 2 is 1.30 bits per heavy atom. The Hall–Kier alpha value is -3.42. The molecule has 0 radical (unpaired) electrons. The first-order valence-electron chi connectivity index (χ1n) is 12.5. The van der Waals surface area contributed by atoms with Crippen molar-refractivity contribution in [1.82, 2.24) is 4.90 Å². The zero-order valence-electron chi connectivity index (χ0n) is 21.0. The number of ether oxygens (including phenoxy) is 1. The van der Waals surface area contributed by atoms with Gasteiger partial charge in [-0.3, -0.25) is 9.59 Å². The molecule has 4 aromatic rings. The van der Waals surface area contributed by atoms with Crippen molar-refractivity contribution < 1.29 is 18.7 Å². The van der Waals surface area contributed by atoms with Gasteiger partial charge in [0.15, 0.2) is 0 Å². The zero-order chi connectivity index (χ0) is 28.4. The summed E-state index contributed by atoms with van der Waals surface area (Å²) < 4.78 is 20.1. The van der Waals surface area contributed by atoms with Crippen LogP contribution >= 0.6 is 34.8 Å². The average molecular weight is 598 g/mol. The number of hydrogen-bond donors (Lipinski definition) is 1. The summed E-state index contributed by atoms with van der Waals surface area (Å²) >= 11 is 18.5. The Bertz CT molecular complexity index is 1500. The van der Waals surface area contributed by atoms with E-state index in [-0.39, 0.29) is 12.2 Å². The third-order valence-corrected chi connectivity index (χ3v) is 7.66. The van der Waals surface area contributed by atoms with Crippen LogP contribution in [0.4, 0.5) is 4.39 Å². The smallest absolute Gasteiger partial charge is 0.253 e. The summed E-state index contributed by atoms with van der Waals surface area (Å²) in [6.07, 6.45) is -1.56. The maximum absolute atomic E-state index is 14.3. The second-order valence-corrected chi connectivity index (χ2v) is 10.8. The van der Waals surface area contributed by atoms with Gasteiger partial charge >= 0.3 is 0 Å². The number of hydrogen-bond acceptors (Lipinski definition) is 3. The van der Waals surface area contributed by atoms with Crippen molar-refractivity contribution in [3.05, 3.63) is 140 Å². The molecule has 0 saturated carbocycles. The molecule has 5 nitrogen and oxygen atoms in total. The van der Waals surface area contributed by atoms with E-state index in [2.05, 4.69) is 0 Å². The molecule has 1 fully saturated rings. The fourth-order valence-electron chi connectivity index (χ4n) is 5.03. The summed E-state index contributed by atoms with van der Waals surface area (Å²) in [7, 11) is 0. The Labute approximate surface area is 246 Å². The fourth-order valence-corrected chi connectivity index (χ4v) is 5.41. The topological polar surface area (TPSA) is 72.6 Å². The minimum Gasteiger partial charge on any atom is -0.368 e. The summed E-state index contributed by atoms with van der Waals surface area (Å²) in [6.45, 7) is 0. The number of amides is 2. The monoisotopic (exact) mass is 596 g/mol. The summed E-state index contributed by atoms with van der Waals surface area (Å²) in [4.78, 5) is 28.9. The number of halogens is 4. The predicted octanol–water partition coefficient (Wildman–Crippen LogP) is 7.27. The summed E-state index contributed by atoms with van der Waals surface area (Å²) in [5.74, 6) is -1.54.